The van der Waals surface area contributed by atoms with Crippen LogP contribution in [0.3, 0.4) is 0 Å². The molecule has 4 unspecified atom stereocenters. The molecule has 0 radical (unpaired) electrons. The Balaban J connectivity index is 1.87. The first-order valence-corrected chi connectivity index (χ1v) is 6.61. The van der Waals surface area contributed by atoms with Gasteiger partial charge in [-0.25, -0.2) is 0 Å². The SMILES string of the molecule is CC(C)CN1CC2CC3(C(N)=O)CC1C2C=N3. The van der Waals surface area contributed by atoms with E-state index in [4.69, 9.17) is 5.73 Å². The van der Waals surface area contributed by atoms with E-state index in [1.807, 2.05) is 6.21 Å². The van der Waals surface area contributed by atoms with E-state index in [9.17, 15) is 4.79 Å². The Morgan fingerprint density at radius 1 is 1.59 bits per heavy atom. The average molecular weight is 235 g/mol. The van der Waals surface area contributed by atoms with Gasteiger partial charge in [0.2, 0.25) is 5.91 Å². The summed E-state index contributed by atoms with van der Waals surface area (Å²) in [4.78, 5) is 18.7. The molecule has 0 aromatic carbocycles. The number of hydrogen-bond acceptors (Lipinski definition) is 3. The molecule has 4 rings (SSSR count). The normalized spacial score (nSPS) is 43.6. The van der Waals surface area contributed by atoms with Crippen molar-refractivity contribution in [1.29, 1.82) is 0 Å². The molecule has 1 amide bonds. The van der Waals surface area contributed by atoms with Gasteiger partial charge in [-0.2, -0.15) is 0 Å². The van der Waals surface area contributed by atoms with Crippen molar-refractivity contribution in [3.05, 3.63) is 0 Å². The third kappa shape index (κ3) is 1.53. The van der Waals surface area contributed by atoms with Gasteiger partial charge in [0.15, 0.2) is 0 Å². The van der Waals surface area contributed by atoms with Crippen LogP contribution in [0.5, 0.6) is 0 Å². The van der Waals surface area contributed by atoms with Crippen LogP contribution in [0.1, 0.15) is 26.7 Å². The lowest BCUT2D eigenvalue weighted by molar-refractivity contribution is -0.125. The lowest BCUT2D eigenvalue weighted by atomic mass is 9.67. The topological polar surface area (TPSA) is 58.7 Å². The number of primary amides is 1. The number of rotatable bonds is 3. The highest BCUT2D eigenvalue weighted by atomic mass is 16.1. The van der Waals surface area contributed by atoms with Crippen LogP contribution in [0.15, 0.2) is 4.99 Å². The number of aliphatic imine (C=N–C) groups is 1. The van der Waals surface area contributed by atoms with E-state index >= 15 is 0 Å². The predicted octanol–water partition coefficient (Wildman–Crippen LogP) is 0.661. The summed E-state index contributed by atoms with van der Waals surface area (Å²) in [6.07, 6.45) is 3.73. The number of hydrogen-bond donors (Lipinski definition) is 1. The Morgan fingerprint density at radius 3 is 3.00 bits per heavy atom. The zero-order valence-electron chi connectivity index (χ0n) is 10.6. The average Bonchev–Trinajstić information content (AvgIpc) is 2.50. The monoisotopic (exact) mass is 235 g/mol. The van der Waals surface area contributed by atoms with E-state index in [0.717, 1.165) is 25.9 Å². The van der Waals surface area contributed by atoms with Crippen molar-refractivity contribution >= 4 is 12.1 Å². The Hall–Kier alpha value is -0.900. The largest absolute Gasteiger partial charge is 0.368 e. The fraction of sp³-hybridized carbons (Fsp3) is 0.846. The van der Waals surface area contributed by atoms with E-state index in [1.54, 1.807) is 0 Å². The van der Waals surface area contributed by atoms with Crippen LogP contribution in [0.4, 0.5) is 0 Å². The third-order valence-corrected chi connectivity index (χ3v) is 4.63. The summed E-state index contributed by atoms with van der Waals surface area (Å²) >= 11 is 0. The maximum absolute atomic E-state index is 11.7. The second-order valence-electron chi connectivity index (χ2n) is 6.33. The van der Waals surface area contributed by atoms with Gasteiger partial charge in [0.1, 0.15) is 5.54 Å². The van der Waals surface area contributed by atoms with Crippen molar-refractivity contribution in [2.45, 2.75) is 38.3 Å². The van der Waals surface area contributed by atoms with E-state index in [0.29, 0.717) is 23.8 Å². The molecule has 0 aromatic heterocycles. The minimum Gasteiger partial charge on any atom is -0.368 e. The maximum atomic E-state index is 11.7. The number of amides is 1. The third-order valence-electron chi connectivity index (χ3n) is 4.63. The summed E-state index contributed by atoms with van der Waals surface area (Å²) < 4.78 is 0. The molecule has 4 atom stereocenters. The summed E-state index contributed by atoms with van der Waals surface area (Å²) in [6.45, 7) is 6.74. The van der Waals surface area contributed by atoms with Crippen LogP contribution in [-0.4, -0.2) is 41.7 Å². The molecule has 1 saturated carbocycles. The first kappa shape index (κ1) is 11.2. The van der Waals surface area contributed by atoms with Crippen molar-refractivity contribution in [3.63, 3.8) is 0 Å². The van der Waals surface area contributed by atoms with Crippen molar-refractivity contribution in [1.82, 2.24) is 4.90 Å². The van der Waals surface area contributed by atoms with Crippen molar-refractivity contribution < 1.29 is 4.79 Å². The standard InChI is InChI=1S/C13H21N3O/c1-8(2)6-16-7-9-3-13(12(14)17)4-11(16)10(9)5-15-13/h5,8-11H,3-4,6-7H2,1-2H3,(H2,14,17). The summed E-state index contributed by atoms with van der Waals surface area (Å²) in [5.74, 6) is 1.61. The van der Waals surface area contributed by atoms with Gasteiger partial charge in [0.05, 0.1) is 0 Å². The molecular formula is C13H21N3O. The van der Waals surface area contributed by atoms with Crippen LogP contribution in [0.2, 0.25) is 0 Å². The highest BCUT2D eigenvalue weighted by Crippen LogP contribution is 2.49. The van der Waals surface area contributed by atoms with Crippen LogP contribution in [0, 0.1) is 17.8 Å². The first-order valence-electron chi connectivity index (χ1n) is 6.61. The van der Waals surface area contributed by atoms with Gasteiger partial charge in [-0.05, 0) is 24.7 Å². The molecule has 4 bridgehead atoms. The molecule has 3 aliphatic heterocycles. The molecular weight excluding hydrogens is 214 g/mol. The zero-order valence-corrected chi connectivity index (χ0v) is 10.6. The van der Waals surface area contributed by atoms with E-state index < -0.39 is 5.54 Å². The number of nitrogens with two attached hydrogens (primary N) is 1. The fourth-order valence-corrected chi connectivity index (χ4v) is 3.94. The molecule has 0 aromatic rings. The number of carbonyl (C=O) groups is 1. The number of likely N-dealkylation sites (tertiary alicyclic amines) is 1. The Labute approximate surface area is 102 Å². The quantitative estimate of drug-likeness (QED) is 0.781. The molecule has 2 fully saturated rings. The van der Waals surface area contributed by atoms with E-state index in [2.05, 4.69) is 23.7 Å². The zero-order chi connectivity index (χ0) is 12.2. The van der Waals surface area contributed by atoms with Gasteiger partial charge in [0, 0.05) is 31.3 Å². The predicted molar refractivity (Wildman–Crippen MR) is 66.8 cm³/mol. The fourth-order valence-electron chi connectivity index (χ4n) is 3.94. The summed E-state index contributed by atoms with van der Waals surface area (Å²) in [5.41, 5.74) is 4.99. The minimum absolute atomic E-state index is 0.228. The molecule has 3 heterocycles. The Bertz CT molecular complexity index is 379. The van der Waals surface area contributed by atoms with Gasteiger partial charge in [-0.15, -0.1) is 0 Å². The van der Waals surface area contributed by atoms with Crippen molar-refractivity contribution in [3.8, 4) is 0 Å². The molecule has 0 spiro atoms. The van der Waals surface area contributed by atoms with Gasteiger partial charge >= 0.3 is 0 Å². The Morgan fingerprint density at radius 2 is 2.35 bits per heavy atom. The van der Waals surface area contributed by atoms with Crippen molar-refractivity contribution in [2.75, 3.05) is 13.1 Å². The van der Waals surface area contributed by atoms with Crippen LogP contribution in [0.25, 0.3) is 0 Å². The number of nitrogens with zero attached hydrogens (tertiary/aromatic N) is 2. The van der Waals surface area contributed by atoms with E-state index in [1.165, 1.54) is 0 Å². The maximum Gasteiger partial charge on any atom is 0.245 e. The lowest BCUT2D eigenvalue weighted by Crippen LogP contribution is -2.56. The highest BCUT2D eigenvalue weighted by molar-refractivity contribution is 5.89. The summed E-state index contributed by atoms with van der Waals surface area (Å²) in [6, 6.07) is 0.501. The van der Waals surface area contributed by atoms with Crippen LogP contribution in [-0.2, 0) is 4.79 Å². The van der Waals surface area contributed by atoms with Gasteiger partial charge in [-0.3, -0.25) is 14.7 Å². The molecule has 4 nitrogen and oxygen atoms in total. The molecule has 1 saturated heterocycles. The molecule has 2 N–H and O–H groups in total. The number of carbonyl (C=O) groups excluding carboxylic acids is 1. The first-order chi connectivity index (χ1) is 8.02. The molecule has 1 aliphatic carbocycles. The minimum atomic E-state index is -0.574. The molecule has 4 heteroatoms. The van der Waals surface area contributed by atoms with Crippen LogP contribution >= 0.6 is 0 Å². The lowest BCUT2D eigenvalue weighted by Gasteiger charge is -2.44. The van der Waals surface area contributed by atoms with Gasteiger partial charge in [0.25, 0.3) is 0 Å². The summed E-state index contributed by atoms with van der Waals surface area (Å²) in [7, 11) is 0. The smallest absolute Gasteiger partial charge is 0.245 e. The highest BCUT2D eigenvalue weighted by Gasteiger charge is 2.57. The molecule has 17 heavy (non-hydrogen) atoms. The van der Waals surface area contributed by atoms with Gasteiger partial charge in [-0.1, -0.05) is 13.8 Å². The Kier molecular flexibility index (Phi) is 2.34. The van der Waals surface area contributed by atoms with E-state index in [-0.39, 0.29) is 5.91 Å². The summed E-state index contributed by atoms with van der Waals surface area (Å²) in [5, 5.41) is 0. The molecule has 94 valence electrons. The van der Waals surface area contributed by atoms with Crippen LogP contribution < -0.4 is 5.73 Å². The van der Waals surface area contributed by atoms with Crippen molar-refractivity contribution in [2.24, 2.45) is 28.5 Å². The second-order valence-corrected chi connectivity index (χ2v) is 6.33. The second kappa shape index (κ2) is 3.55. The molecule has 4 aliphatic rings. The van der Waals surface area contributed by atoms with Gasteiger partial charge < -0.3 is 5.73 Å².